The number of halogens is 3. The monoisotopic (exact) mass is 549 g/mol. The molecule has 4 rings (SSSR count). The average molecular weight is 550 g/mol. The molecule has 2 amide bonds. The molecule has 1 heterocycles. The number of hydrogen-bond acceptors (Lipinski definition) is 7. The lowest BCUT2D eigenvalue weighted by molar-refractivity contribution is -0.149. The molecule has 38 heavy (non-hydrogen) atoms. The Morgan fingerprint density at radius 3 is 2.47 bits per heavy atom. The number of alkyl halides is 3. The van der Waals surface area contributed by atoms with Crippen molar-refractivity contribution in [2.24, 2.45) is 10.5 Å². The molecule has 12 heteroatoms. The minimum atomic E-state index is -4.58. The van der Waals surface area contributed by atoms with Gasteiger partial charge in [-0.1, -0.05) is 31.2 Å². The molecule has 0 N–H and O–H groups in total. The summed E-state index contributed by atoms with van der Waals surface area (Å²) in [6.45, 7) is 3.34. The third-order valence-corrected chi connectivity index (χ3v) is 7.42. The SMILES string of the molecule is CCC(C)OC(=O)SN(C(=O)N1CC2(C(=O)OC)CCc3ccccc3C2=N1)c1ccc(C(F)(F)F)cc1. The van der Waals surface area contributed by atoms with Crippen molar-refractivity contribution >= 4 is 40.6 Å². The van der Waals surface area contributed by atoms with E-state index >= 15 is 0 Å². The molecular formula is C26H26F3N3O5S. The standard InChI is InChI=1S/C26H26F3N3O5S/c1-4-16(2)37-24(35)38-32(19-11-9-18(10-12-19)26(27,28)29)23(34)31-15-25(22(33)36-3)14-13-17-7-5-6-8-20(17)21(25)30-31/h5-12,16H,4,13-15H2,1-3H3. The van der Waals surface area contributed by atoms with Crippen molar-refractivity contribution in [1.82, 2.24) is 5.01 Å². The molecule has 2 aliphatic rings. The van der Waals surface area contributed by atoms with Crippen LogP contribution in [0.25, 0.3) is 0 Å². The van der Waals surface area contributed by atoms with Crippen LogP contribution in [0.2, 0.25) is 0 Å². The summed E-state index contributed by atoms with van der Waals surface area (Å²) in [7, 11) is 1.26. The van der Waals surface area contributed by atoms with Crippen LogP contribution in [0, 0.1) is 5.41 Å². The zero-order chi connectivity index (χ0) is 27.7. The molecule has 2 aromatic rings. The molecule has 1 aliphatic heterocycles. The Bertz CT molecular complexity index is 1270. The summed E-state index contributed by atoms with van der Waals surface area (Å²) in [6, 6.07) is 10.4. The van der Waals surface area contributed by atoms with Gasteiger partial charge >= 0.3 is 23.5 Å². The third-order valence-electron chi connectivity index (χ3n) is 6.63. The lowest BCUT2D eigenvalue weighted by Gasteiger charge is -2.32. The predicted octanol–water partition coefficient (Wildman–Crippen LogP) is 6.04. The van der Waals surface area contributed by atoms with E-state index in [2.05, 4.69) is 5.10 Å². The molecule has 2 atom stereocenters. The molecule has 0 saturated carbocycles. The van der Waals surface area contributed by atoms with Gasteiger partial charge in [0.2, 0.25) is 0 Å². The second-order valence-corrected chi connectivity index (χ2v) is 9.92. The number of aryl methyl sites for hydroxylation is 1. The molecule has 0 fully saturated rings. The first kappa shape index (κ1) is 27.5. The maximum Gasteiger partial charge on any atom is 0.416 e. The van der Waals surface area contributed by atoms with Gasteiger partial charge in [0.1, 0.15) is 5.41 Å². The Morgan fingerprint density at radius 1 is 1.16 bits per heavy atom. The minimum Gasteiger partial charge on any atom is -0.468 e. The van der Waals surface area contributed by atoms with Gasteiger partial charge in [-0.2, -0.15) is 18.3 Å². The molecule has 202 valence electrons. The summed E-state index contributed by atoms with van der Waals surface area (Å²) in [5.41, 5.74) is -0.0622. The maximum atomic E-state index is 13.8. The summed E-state index contributed by atoms with van der Waals surface area (Å²) in [6.07, 6.45) is -3.57. The molecule has 1 aliphatic carbocycles. The number of ether oxygens (including phenoxy) is 2. The van der Waals surface area contributed by atoms with Gasteiger partial charge in [-0.25, -0.2) is 18.9 Å². The predicted molar refractivity (Wildman–Crippen MR) is 136 cm³/mol. The first-order valence-electron chi connectivity index (χ1n) is 11.9. The maximum absolute atomic E-state index is 13.8. The van der Waals surface area contributed by atoms with Crippen LogP contribution in [0.1, 0.15) is 43.4 Å². The van der Waals surface area contributed by atoms with Crippen molar-refractivity contribution in [1.29, 1.82) is 0 Å². The fourth-order valence-corrected chi connectivity index (χ4v) is 5.17. The number of methoxy groups -OCH3 is 1. The molecule has 2 aromatic carbocycles. The number of anilines is 1. The van der Waals surface area contributed by atoms with E-state index in [1.807, 2.05) is 25.1 Å². The minimum absolute atomic E-state index is 0.0108. The van der Waals surface area contributed by atoms with Crippen LogP contribution >= 0.6 is 11.9 Å². The Hall–Kier alpha value is -3.54. The van der Waals surface area contributed by atoms with Crippen LogP contribution < -0.4 is 4.31 Å². The normalized spacial score (nSPS) is 19.1. The van der Waals surface area contributed by atoms with E-state index in [0.29, 0.717) is 42.5 Å². The number of hydrazone groups is 1. The number of carbonyl (C=O) groups is 3. The van der Waals surface area contributed by atoms with Crippen molar-refractivity contribution in [3.63, 3.8) is 0 Å². The first-order chi connectivity index (χ1) is 18.0. The van der Waals surface area contributed by atoms with Crippen molar-refractivity contribution < 1.29 is 37.0 Å². The number of hydrogen-bond donors (Lipinski definition) is 0. The number of fused-ring (bicyclic) bond motifs is 3. The van der Waals surface area contributed by atoms with Crippen LogP contribution in [-0.2, 0) is 26.9 Å². The Kier molecular flexibility index (Phi) is 7.73. The fourth-order valence-electron chi connectivity index (χ4n) is 4.41. The summed E-state index contributed by atoms with van der Waals surface area (Å²) < 4.78 is 50.7. The van der Waals surface area contributed by atoms with E-state index in [0.717, 1.165) is 39.1 Å². The van der Waals surface area contributed by atoms with Gasteiger partial charge in [0, 0.05) is 5.56 Å². The number of nitrogens with zero attached hydrogens (tertiary/aromatic N) is 3. The molecular weight excluding hydrogens is 523 g/mol. The van der Waals surface area contributed by atoms with Gasteiger partial charge in [0.25, 0.3) is 0 Å². The van der Waals surface area contributed by atoms with Crippen molar-refractivity contribution in [2.45, 2.75) is 45.4 Å². The zero-order valence-corrected chi connectivity index (χ0v) is 21.8. The highest BCUT2D eigenvalue weighted by atomic mass is 32.2. The Morgan fingerprint density at radius 2 is 1.84 bits per heavy atom. The topological polar surface area (TPSA) is 88.5 Å². The molecule has 0 radical (unpaired) electrons. The van der Waals surface area contributed by atoms with E-state index < -0.39 is 40.6 Å². The van der Waals surface area contributed by atoms with Gasteiger partial charge in [-0.3, -0.25) is 4.79 Å². The van der Waals surface area contributed by atoms with Crippen molar-refractivity contribution in [3.05, 3.63) is 65.2 Å². The van der Waals surface area contributed by atoms with Gasteiger partial charge in [-0.05, 0) is 56.0 Å². The Balaban J connectivity index is 1.71. The second-order valence-electron chi connectivity index (χ2n) is 9.04. The molecule has 0 saturated heterocycles. The average Bonchev–Trinajstić information content (AvgIpc) is 3.32. The smallest absolute Gasteiger partial charge is 0.416 e. The lowest BCUT2D eigenvalue weighted by Crippen LogP contribution is -2.47. The molecule has 2 unspecified atom stereocenters. The van der Waals surface area contributed by atoms with E-state index in [4.69, 9.17) is 9.47 Å². The van der Waals surface area contributed by atoms with E-state index in [9.17, 15) is 27.6 Å². The van der Waals surface area contributed by atoms with E-state index in [1.54, 1.807) is 13.0 Å². The molecule has 0 spiro atoms. The number of amides is 2. The first-order valence-corrected chi connectivity index (χ1v) is 12.7. The number of carbonyl (C=O) groups excluding carboxylic acids is 3. The highest BCUT2D eigenvalue weighted by Gasteiger charge is 2.54. The quantitative estimate of drug-likeness (QED) is 0.341. The number of esters is 1. The third kappa shape index (κ3) is 5.22. The fraction of sp³-hybridized carbons (Fsp3) is 0.385. The van der Waals surface area contributed by atoms with E-state index in [-0.39, 0.29) is 12.2 Å². The zero-order valence-electron chi connectivity index (χ0n) is 20.9. The van der Waals surface area contributed by atoms with Gasteiger partial charge in [-0.15, -0.1) is 0 Å². The van der Waals surface area contributed by atoms with Crippen LogP contribution in [0.3, 0.4) is 0 Å². The van der Waals surface area contributed by atoms with Crippen molar-refractivity contribution in [3.8, 4) is 0 Å². The highest BCUT2D eigenvalue weighted by molar-refractivity contribution is 8.15. The lowest BCUT2D eigenvalue weighted by atomic mass is 9.70. The van der Waals surface area contributed by atoms with Gasteiger partial charge in [0.05, 0.1) is 48.7 Å². The van der Waals surface area contributed by atoms with E-state index in [1.165, 1.54) is 7.11 Å². The summed E-state index contributed by atoms with van der Waals surface area (Å²) in [5, 5.41) is 4.73. The van der Waals surface area contributed by atoms with Crippen LogP contribution in [0.15, 0.2) is 53.6 Å². The number of urea groups is 1. The summed E-state index contributed by atoms with van der Waals surface area (Å²) in [4.78, 5) is 39.4. The Labute approximate surface area is 221 Å². The molecule has 0 bridgehead atoms. The van der Waals surface area contributed by atoms with Gasteiger partial charge < -0.3 is 9.47 Å². The van der Waals surface area contributed by atoms with Gasteiger partial charge in [0.15, 0.2) is 0 Å². The van der Waals surface area contributed by atoms with Crippen LogP contribution in [0.4, 0.5) is 28.4 Å². The van der Waals surface area contributed by atoms with Crippen LogP contribution in [-0.4, -0.2) is 47.8 Å². The molecule has 8 nitrogen and oxygen atoms in total. The summed E-state index contributed by atoms with van der Waals surface area (Å²) in [5.74, 6) is -0.550. The van der Waals surface area contributed by atoms with Crippen LogP contribution in [0.5, 0.6) is 0 Å². The largest absolute Gasteiger partial charge is 0.468 e. The highest BCUT2D eigenvalue weighted by Crippen LogP contribution is 2.43. The number of benzene rings is 2. The van der Waals surface area contributed by atoms with Crippen molar-refractivity contribution in [2.75, 3.05) is 18.0 Å². The second kappa shape index (κ2) is 10.7. The molecule has 0 aromatic heterocycles. The number of rotatable bonds is 4. The summed E-state index contributed by atoms with van der Waals surface area (Å²) >= 11 is 0.396.